The lowest BCUT2D eigenvalue weighted by Crippen LogP contribution is -2.02. The zero-order chi connectivity index (χ0) is 11.4. The highest BCUT2D eigenvalue weighted by molar-refractivity contribution is 9.10. The Morgan fingerprint density at radius 1 is 1.47 bits per heavy atom. The Morgan fingerprint density at radius 2 is 2.13 bits per heavy atom. The number of hydrogen-bond donors (Lipinski definition) is 0. The molecule has 0 atom stereocenters. The van der Waals surface area contributed by atoms with Crippen LogP contribution in [0.15, 0.2) is 21.7 Å². The molecule has 0 heterocycles. The second kappa shape index (κ2) is 4.90. The van der Waals surface area contributed by atoms with Gasteiger partial charge in [0.1, 0.15) is 11.6 Å². The third-order valence-electron chi connectivity index (χ3n) is 1.37. The molecule has 0 saturated heterocycles. The molecule has 0 aliphatic rings. The van der Waals surface area contributed by atoms with Gasteiger partial charge in [0.05, 0.1) is 10.2 Å². The van der Waals surface area contributed by atoms with Crippen LogP contribution in [0, 0.1) is 5.82 Å². The van der Waals surface area contributed by atoms with E-state index in [-0.39, 0.29) is 15.9 Å². The molecule has 0 amide bonds. The van der Waals surface area contributed by atoms with Crippen LogP contribution in [0.3, 0.4) is 0 Å². The van der Waals surface area contributed by atoms with E-state index >= 15 is 0 Å². The Bertz CT molecular complexity index is 420. The molecule has 0 N–H and O–H groups in total. The lowest BCUT2D eigenvalue weighted by atomic mass is 10.3. The van der Waals surface area contributed by atoms with E-state index in [9.17, 15) is 13.2 Å². The van der Waals surface area contributed by atoms with Crippen LogP contribution in [-0.2, 0) is 0 Å². The molecule has 0 bridgehead atoms. The number of rotatable bonds is 3. The molecule has 0 spiro atoms. The highest BCUT2D eigenvalue weighted by Crippen LogP contribution is 2.33. The van der Waals surface area contributed by atoms with Crippen LogP contribution in [0.4, 0.5) is 18.9 Å². The molecule has 1 aromatic carbocycles. The Balaban J connectivity index is 3.13. The molecule has 0 saturated carbocycles. The second-order valence-corrected chi connectivity index (χ2v) is 3.16. The van der Waals surface area contributed by atoms with E-state index < -0.39 is 12.4 Å². The predicted molar refractivity (Wildman–Crippen MR) is 49.5 cm³/mol. The van der Waals surface area contributed by atoms with Crippen molar-refractivity contribution in [1.29, 1.82) is 0 Å². The van der Waals surface area contributed by atoms with E-state index in [2.05, 4.69) is 30.7 Å². The molecule has 8 heteroatoms. The molecule has 15 heavy (non-hydrogen) atoms. The first-order valence-corrected chi connectivity index (χ1v) is 4.33. The maximum absolute atomic E-state index is 13.1. The minimum atomic E-state index is -3.05. The summed E-state index contributed by atoms with van der Waals surface area (Å²) < 4.78 is 40.8. The van der Waals surface area contributed by atoms with Crippen molar-refractivity contribution in [3.8, 4) is 5.75 Å². The average Bonchev–Trinajstić information content (AvgIpc) is 2.13. The quantitative estimate of drug-likeness (QED) is 0.467. The molecule has 4 nitrogen and oxygen atoms in total. The van der Waals surface area contributed by atoms with Gasteiger partial charge in [0.2, 0.25) is 0 Å². The van der Waals surface area contributed by atoms with Crippen LogP contribution >= 0.6 is 15.9 Å². The molecule has 1 aromatic rings. The summed E-state index contributed by atoms with van der Waals surface area (Å²) in [5.41, 5.74) is 7.77. The Labute approximate surface area is 90.4 Å². The summed E-state index contributed by atoms with van der Waals surface area (Å²) in [7, 11) is 0. The van der Waals surface area contributed by atoms with Crippen molar-refractivity contribution in [2.24, 2.45) is 5.11 Å². The van der Waals surface area contributed by atoms with Gasteiger partial charge in [0.25, 0.3) is 0 Å². The highest BCUT2D eigenvalue weighted by Gasteiger charge is 2.12. The molecular weight excluding hydrogens is 279 g/mol. The Kier molecular flexibility index (Phi) is 3.81. The van der Waals surface area contributed by atoms with Crippen LogP contribution in [0.25, 0.3) is 10.4 Å². The predicted octanol–water partition coefficient (Wildman–Crippen LogP) is 4.13. The standard InChI is InChI=1S/C7H3BrF3N3O/c8-3-1-5(13-14-12)4(9)2-6(3)15-7(10)11/h1-2,7H. The summed E-state index contributed by atoms with van der Waals surface area (Å²) in [6.07, 6.45) is 0. The summed E-state index contributed by atoms with van der Waals surface area (Å²) in [5, 5.41) is 3.02. The van der Waals surface area contributed by atoms with Gasteiger partial charge >= 0.3 is 6.61 Å². The third kappa shape index (κ3) is 3.03. The van der Waals surface area contributed by atoms with Crippen molar-refractivity contribution in [2.45, 2.75) is 6.61 Å². The van der Waals surface area contributed by atoms with Gasteiger partial charge in [0.15, 0.2) is 0 Å². The maximum atomic E-state index is 13.1. The lowest BCUT2D eigenvalue weighted by Gasteiger charge is -2.07. The fourth-order valence-corrected chi connectivity index (χ4v) is 1.25. The van der Waals surface area contributed by atoms with Crippen molar-refractivity contribution in [2.75, 3.05) is 0 Å². The van der Waals surface area contributed by atoms with Crippen molar-refractivity contribution in [3.63, 3.8) is 0 Å². The van der Waals surface area contributed by atoms with E-state index in [1.165, 1.54) is 0 Å². The zero-order valence-electron chi connectivity index (χ0n) is 6.99. The third-order valence-corrected chi connectivity index (χ3v) is 1.99. The number of halogens is 4. The van der Waals surface area contributed by atoms with Crippen molar-refractivity contribution in [1.82, 2.24) is 0 Å². The monoisotopic (exact) mass is 281 g/mol. The van der Waals surface area contributed by atoms with Gasteiger partial charge in [0, 0.05) is 11.0 Å². The molecule has 0 aliphatic heterocycles. The summed E-state index contributed by atoms with van der Waals surface area (Å²) in [5.74, 6) is -1.30. The van der Waals surface area contributed by atoms with Crippen molar-refractivity contribution < 1.29 is 17.9 Å². The Morgan fingerprint density at radius 3 is 2.67 bits per heavy atom. The molecule has 0 aromatic heterocycles. The summed E-state index contributed by atoms with van der Waals surface area (Å²) in [4.78, 5) is 2.37. The first kappa shape index (κ1) is 11.7. The van der Waals surface area contributed by atoms with E-state index in [4.69, 9.17) is 5.53 Å². The largest absolute Gasteiger partial charge is 0.434 e. The van der Waals surface area contributed by atoms with Gasteiger partial charge in [-0.05, 0) is 27.5 Å². The molecular formula is C7H3BrF3N3O. The van der Waals surface area contributed by atoms with Crippen LogP contribution < -0.4 is 4.74 Å². The molecule has 80 valence electrons. The minimum absolute atomic E-state index is 0.0756. The topological polar surface area (TPSA) is 58.0 Å². The number of azide groups is 1. The zero-order valence-corrected chi connectivity index (χ0v) is 8.58. The van der Waals surface area contributed by atoms with Gasteiger partial charge < -0.3 is 4.74 Å². The highest BCUT2D eigenvalue weighted by atomic mass is 79.9. The van der Waals surface area contributed by atoms with Gasteiger partial charge in [-0.3, -0.25) is 0 Å². The number of nitrogens with zero attached hydrogens (tertiary/aromatic N) is 3. The van der Waals surface area contributed by atoms with Crippen molar-refractivity contribution >= 4 is 21.6 Å². The van der Waals surface area contributed by atoms with Gasteiger partial charge in [-0.2, -0.15) is 8.78 Å². The first-order valence-electron chi connectivity index (χ1n) is 3.53. The molecule has 0 fully saturated rings. The fraction of sp³-hybridized carbons (Fsp3) is 0.143. The minimum Gasteiger partial charge on any atom is -0.434 e. The number of benzene rings is 1. The number of ether oxygens (including phenoxy) is 1. The van der Waals surface area contributed by atoms with E-state index in [0.29, 0.717) is 6.07 Å². The summed E-state index contributed by atoms with van der Waals surface area (Å²) >= 11 is 2.87. The maximum Gasteiger partial charge on any atom is 0.387 e. The SMILES string of the molecule is [N-]=[N+]=Nc1cc(Br)c(OC(F)F)cc1F. The van der Waals surface area contributed by atoms with Crippen LogP contribution in [0.2, 0.25) is 0 Å². The van der Waals surface area contributed by atoms with Crippen LogP contribution in [-0.4, -0.2) is 6.61 Å². The van der Waals surface area contributed by atoms with Crippen molar-refractivity contribution in [3.05, 3.63) is 32.9 Å². The van der Waals surface area contributed by atoms with E-state index in [1.54, 1.807) is 0 Å². The van der Waals surface area contributed by atoms with Gasteiger partial charge in [-0.15, -0.1) is 0 Å². The summed E-state index contributed by atoms with van der Waals surface area (Å²) in [6, 6.07) is 1.76. The van der Waals surface area contributed by atoms with Crippen LogP contribution in [0.5, 0.6) is 5.75 Å². The average molecular weight is 282 g/mol. The fourth-order valence-electron chi connectivity index (χ4n) is 0.829. The van der Waals surface area contributed by atoms with E-state index in [0.717, 1.165) is 6.07 Å². The van der Waals surface area contributed by atoms with Gasteiger partial charge in [-0.1, -0.05) is 5.11 Å². The molecule has 1 rings (SSSR count). The van der Waals surface area contributed by atoms with E-state index in [1.807, 2.05) is 0 Å². The number of hydrogen-bond acceptors (Lipinski definition) is 2. The number of alkyl halides is 2. The smallest absolute Gasteiger partial charge is 0.387 e. The van der Waals surface area contributed by atoms with Crippen LogP contribution in [0.1, 0.15) is 0 Å². The molecule has 0 radical (unpaired) electrons. The Hall–Kier alpha value is -1.40. The lowest BCUT2D eigenvalue weighted by molar-refractivity contribution is -0.0504. The summed E-state index contributed by atoms with van der Waals surface area (Å²) in [6.45, 7) is -3.05. The molecule has 0 aliphatic carbocycles. The first-order chi connectivity index (χ1) is 7.04. The normalized spacial score (nSPS) is 9.93. The molecule has 0 unspecified atom stereocenters. The van der Waals surface area contributed by atoms with Gasteiger partial charge in [-0.25, -0.2) is 4.39 Å². The second-order valence-electron chi connectivity index (χ2n) is 2.30.